The van der Waals surface area contributed by atoms with Crippen molar-refractivity contribution >= 4 is 5.97 Å². The molecule has 0 atom stereocenters. The number of halogens is 3. The third kappa shape index (κ3) is 2.44. The summed E-state index contributed by atoms with van der Waals surface area (Å²) >= 11 is 0. The molecule has 0 fully saturated rings. The summed E-state index contributed by atoms with van der Waals surface area (Å²) in [5.74, 6) is -1.35. The molecular formula is C12H9F3N2O3. The molecule has 0 saturated carbocycles. The van der Waals surface area contributed by atoms with Gasteiger partial charge in [-0.25, -0.2) is 9.48 Å². The molecule has 0 aliphatic rings. The second-order valence-electron chi connectivity index (χ2n) is 3.82. The standard InChI is InChI=1S/C12H9F3N2O3/c1-20-8-4-2-3-7(5-8)17-10(12(13,14)15)9(6-16-17)11(18)19/h2-6H,1H3,(H,18,19). The third-order valence-electron chi connectivity index (χ3n) is 2.57. The molecule has 1 N–H and O–H groups in total. The molecule has 1 aromatic heterocycles. The van der Waals surface area contributed by atoms with Crippen molar-refractivity contribution in [2.24, 2.45) is 0 Å². The maximum absolute atomic E-state index is 13.0. The zero-order valence-corrected chi connectivity index (χ0v) is 10.2. The maximum Gasteiger partial charge on any atom is 0.434 e. The lowest BCUT2D eigenvalue weighted by Gasteiger charge is -2.12. The lowest BCUT2D eigenvalue weighted by atomic mass is 10.2. The van der Waals surface area contributed by atoms with E-state index in [1.165, 1.54) is 25.3 Å². The average Bonchev–Trinajstić information content (AvgIpc) is 2.83. The van der Waals surface area contributed by atoms with Crippen LogP contribution >= 0.6 is 0 Å². The van der Waals surface area contributed by atoms with E-state index >= 15 is 0 Å². The van der Waals surface area contributed by atoms with E-state index in [4.69, 9.17) is 9.84 Å². The Morgan fingerprint density at radius 2 is 2.10 bits per heavy atom. The Labute approximate surface area is 111 Å². The quantitative estimate of drug-likeness (QED) is 0.942. The highest BCUT2D eigenvalue weighted by Gasteiger charge is 2.40. The molecule has 0 saturated heterocycles. The van der Waals surface area contributed by atoms with Gasteiger partial charge in [-0.15, -0.1) is 0 Å². The number of alkyl halides is 3. The van der Waals surface area contributed by atoms with Crippen molar-refractivity contribution in [3.8, 4) is 11.4 Å². The first-order chi connectivity index (χ1) is 9.34. The van der Waals surface area contributed by atoms with Gasteiger partial charge >= 0.3 is 12.1 Å². The lowest BCUT2D eigenvalue weighted by molar-refractivity contribution is -0.143. The van der Waals surface area contributed by atoms with E-state index in [9.17, 15) is 18.0 Å². The first kappa shape index (κ1) is 13.9. The van der Waals surface area contributed by atoms with Crippen molar-refractivity contribution < 1.29 is 27.8 Å². The lowest BCUT2D eigenvalue weighted by Crippen LogP contribution is -2.17. The maximum atomic E-state index is 13.0. The molecular weight excluding hydrogens is 277 g/mol. The largest absolute Gasteiger partial charge is 0.497 e. The zero-order valence-electron chi connectivity index (χ0n) is 10.2. The van der Waals surface area contributed by atoms with Gasteiger partial charge in [0.1, 0.15) is 11.3 Å². The van der Waals surface area contributed by atoms with E-state index in [1.54, 1.807) is 6.07 Å². The highest BCUT2D eigenvalue weighted by atomic mass is 19.4. The number of methoxy groups -OCH3 is 1. The van der Waals surface area contributed by atoms with Crippen LogP contribution in [0.2, 0.25) is 0 Å². The minimum atomic E-state index is -4.84. The van der Waals surface area contributed by atoms with Crippen LogP contribution in [0.5, 0.6) is 5.75 Å². The number of rotatable bonds is 3. The number of aromatic nitrogens is 2. The Hall–Kier alpha value is -2.51. The SMILES string of the molecule is COc1cccc(-n2ncc(C(=O)O)c2C(F)(F)F)c1. The normalized spacial score (nSPS) is 11.4. The van der Waals surface area contributed by atoms with Gasteiger partial charge in [-0.05, 0) is 12.1 Å². The Kier molecular flexibility index (Phi) is 3.39. The summed E-state index contributed by atoms with van der Waals surface area (Å²) in [5, 5.41) is 12.3. The molecule has 0 radical (unpaired) electrons. The Balaban J connectivity index is 2.65. The van der Waals surface area contributed by atoms with Crippen LogP contribution in [-0.4, -0.2) is 28.0 Å². The second kappa shape index (κ2) is 4.87. The molecule has 5 nitrogen and oxygen atoms in total. The smallest absolute Gasteiger partial charge is 0.434 e. The van der Waals surface area contributed by atoms with Crippen molar-refractivity contribution in [2.45, 2.75) is 6.18 Å². The molecule has 0 aliphatic carbocycles. The van der Waals surface area contributed by atoms with E-state index in [0.717, 1.165) is 0 Å². The number of ether oxygens (including phenoxy) is 1. The summed E-state index contributed by atoms with van der Waals surface area (Å²) in [7, 11) is 1.37. The van der Waals surface area contributed by atoms with Gasteiger partial charge in [-0.1, -0.05) is 6.07 Å². The summed E-state index contributed by atoms with van der Waals surface area (Å²) in [6.45, 7) is 0. The van der Waals surface area contributed by atoms with Gasteiger partial charge in [-0.3, -0.25) is 0 Å². The Morgan fingerprint density at radius 3 is 2.65 bits per heavy atom. The Morgan fingerprint density at radius 1 is 1.40 bits per heavy atom. The highest BCUT2D eigenvalue weighted by Crippen LogP contribution is 2.34. The van der Waals surface area contributed by atoms with Crippen LogP contribution in [0.25, 0.3) is 5.69 Å². The van der Waals surface area contributed by atoms with Gasteiger partial charge in [-0.2, -0.15) is 18.3 Å². The molecule has 0 unspecified atom stereocenters. The number of aromatic carboxylic acids is 1. The molecule has 0 amide bonds. The predicted octanol–water partition coefficient (Wildman–Crippen LogP) is 2.60. The van der Waals surface area contributed by atoms with Gasteiger partial charge in [0.15, 0.2) is 5.69 Å². The predicted molar refractivity (Wildman–Crippen MR) is 62.1 cm³/mol. The minimum Gasteiger partial charge on any atom is -0.497 e. The van der Waals surface area contributed by atoms with Crippen molar-refractivity contribution in [1.82, 2.24) is 9.78 Å². The van der Waals surface area contributed by atoms with Crippen LogP contribution < -0.4 is 4.74 Å². The van der Waals surface area contributed by atoms with Gasteiger partial charge in [0, 0.05) is 6.07 Å². The van der Waals surface area contributed by atoms with Crippen molar-refractivity contribution in [3.63, 3.8) is 0 Å². The third-order valence-corrected chi connectivity index (χ3v) is 2.57. The summed E-state index contributed by atoms with van der Waals surface area (Å²) in [6, 6.07) is 5.74. The summed E-state index contributed by atoms with van der Waals surface area (Å²) in [4.78, 5) is 10.9. The molecule has 0 spiro atoms. The minimum absolute atomic E-state index is 0.0594. The van der Waals surface area contributed by atoms with Crippen LogP contribution in [0.4, 0.5) is 13.2 Å². The molecule has 106 valence electrons. The highest BCUT2D eigenvalue weighted by molar-refractivity contribution is 5.89. The molecule has 0 aliphatic heterocycles. The molecule has 20 heavy (non-hydrogen) atoms. The van der Waals surface area contributed by atoms with Crippen LogP contribution in [0.1, 0.15) is 16.1 Å². The zero-order chi connectivity index (χ0) is 14.9. The van der Waals surface area contributed by atoms with Crippen LogP contribution in [0.3, 0.4) is 0 Å². The summed E-state index contributed by atoms with van der Waals surface area (Å²) < 4.78 is 44.5. The Bertz CT molecular complexity index is 650. The molecule has 1 heterocycles. The monoisotopic (exact) mass is 286 g/mol. The summed E-state index contributed by atoms with van der Waals surface area (Å²) in [6.07, 6.45) is -4.17. The van der Waals surface area contributed by atoms with Crippen molar-refractivity contribution in [1.29, 1.82) is 0 Å². The van der Waals surface area contributed by atoms with Crippen LogP contribution in [-0.2, 0) is 6.18 Å². The van der Waals surface area contributed by atoms with Crippen molar-refractivity contribution in [3.05, 3.63) is 41.7 Å². The number of hydrogen-bond acceptors (Lipinski definition) is 3. The number of carboxylic acid groups (broad SMARTS) is 1. The second-order valence-corrected chi connectivity index (χ2v) is 3.82. The fourth-order valence-electron chi connectivity index (χ4n) is 1.72. The van der Waals surface area contributed by atoms with E-state index in [0.29, 0.717) is 16.6 Å². The first-order valence-corrected chi connectivity index (χ1v) is 5.37. The number of carboxylic acids is 1. The van der Waals surface area contributed by atoms with E-state index in [-0.39, 0.29) is 5.69 Å². The fraction of sp³-hybridized carbons (Fsp3) is 0.167. The molecule has 0 bridgehead atoms. The first-order valence-electron chi connectivity index (χ1n) is 5.37. The molecule has 1 aromatic carbocycles. The van der Waals surface area contributed by atoms with Crippen molar-refractivity contribution in [2.75, 3.05) is 7.11 Å². The number of carbonyl (C=O) groups is 1. The molecule has 8 heteroatoms. The van der Waals surface area contributed by atoms with E-state index in [2.05, 4.69) is 5.10 Å². The number of benzene rings is 1. The van der Waals surface area contributed by atoms with Crippen LogP contribution in [0.15, 0.2) is 30.5 Å². The summed E-state index contributed by atoms with van der Waals surface area (Å²) in [5.41, 5.74) is -2.18. The van der Waals surface area contributed by atoms with E-state index in [1.807, 2.05) is 0 Å². The fourth-order valence-corrected chi connectivity index (χ4v) is 1.72. The van der Waals surface area contributed by atoms with Gasteiger partial charge in [0.05, 0.1) is 19.0 Å². The number of nitrogens with zero attached hydrogens (tertiary/aromatic N) is 2. The van der Waals surface area contributed by atoms with Crippen LogP contribution in [0, 0.1) is 0 Å². The van der Waals surface area contributed by atoms with Gasteiger partial charge in [0.2, 0.25) is 0 Å². The topological polar surface area (TPSA) is 64.4 Å². The molecule has 2 aromatic rings. The van der Waals surface area contributed by atoms with Gasteiger partial charge < -0.3 is 9.84 Å². The average molecular weight is 286 g/mol. The number of hydrogen-bond donors (Lipinski definition) is 1. The van der Waals surface area contributed by atoms with E-state index < -0.39 is 23.4 Å². The van der Waals surface area contributed by atoms with Gasteiger partial charge in [0.25, 0.3) is 0 Å². The molecule has 2 rings (SSSR count).